The zero-order chi connectivity index (χ0) is 17.9. The fraction of sp³-hybridized carbons (Fsp3) is 0.176. The number of nitrogens with one attached hydrogen (secondary N) is 1. The molecule has 0 aliphatic rings. The van der Waals surface area contributed by atoms with Crippen molar-refractivity contribution in [1.29, 1.82) is 0 Å². The van der Waals surface area contributed by atoms with Gasteiger partial charge in [0.1, 0.15) is 6.54 Å². The summed E-state index contributed by atoms with van der Waals surface area (Å²) in [6.07, 6.45) is 0. The van der Waals surface area contributed by atoms with Crippen LogP contribution in [0.5, 0.6) is 0 Å². The summed E-state index contributed by atoms with van der Waals surface area (Å²) < 4.78 is 0. The quantitative estimate of drug-likeness (QED) is 0.810. The lowest BCUT2D eigenvalue weighted by molar-refractivity contribution is -0.120. The molecule has 0 saturated heterocycles. The second kappa shape index (κ2) is 7.88. The first kappa shape index (κ1) is 18.6. The number of hydrogen-bond donors (Lipinski definition) is 1. The van der Waals surface area contributed by atoms with E-state index in [0.717, 1.165) is 5.56 Å². The van der Waals surface area contributed by atoms with E-state index in [4.69, 9.17) is 34.8 Å². The topological polar surface area (TPSA) is 49.4 Å². The molecule has 0 aromatic heterocycles. The zero-order valence-corrected chi connectivity index (χ0v) is 15.3. The van der Waals surface area contributed by atoms with Gasteiger partial charge < -0.3 is 10.2 Å². The second-order valence-electron chi connectivity index (χ2n) is 5.22. The number of hydrogen-bond acceptors (Lipinski definition) is 2. The second-order valence-corrected chi connectivity index (χ2v) is 6.44. The molecule has 1 N–H and O–H groups in total. The van der Waals surface area contributed by atoms with E-state index in [1.807, 2.05) is 6.92 Å². The Labute approximate surface area is 155 Å². The first-order chi connectivity index (χ1) is 11.3. The Morgan fingerprint density at radius 2 is 1.71 bits per heavy atom. The summed E-state index contributed by atoms with van der Waals surface area (Å²) in [5, 5.41) is 3.96. The molecule has 7 heteroatoms. The third kappa shape index (κ3) is 4.63. The number of amides is 2. The van der Waals surface area contributed by atoms with E-state index in [9.17, 15) is 9.59 Å². The Morgan fingerprint density at radius 3 is 2.29 bits per heavy atom. The summed E-state index contributed by atoms with van der Waals surface area (Å²) in [6.45, 7) is 3.09. The van der Waals surface area contributed by atoms with Crippen molar-refractivity contribution in [2.45, 2.75) is 13.8 Å². The van der Waals surface area contributed by atoms with Crippen LogP contribution in [0.2, 0.25) is 15.1 Å². The van der Waals surface area contributed by atoms with Crippen molar-refractivity contribution in [3.63, 3.8) is 0 Å². The highest BCUT2D eigenvalue weighted by atomic mass is 35.5. The largest absolute Gasteiger partial charge is 0.324 e. The lowest BCUT2D eigenvalue weighted by Gasteiger charge is -2.21. The van der Waals surface area contributed by atoms with Gasteiger partial charge in [0.15, 0.2) is 0 Å². The van der Waals surface area contributed by atoms with Gasteiger partial charge in [-0.1, -0.05) is 40.9 Å². The van der Waals surface area contributed by atoms with Gasteiger partial charge in [-0.3, -0.25) is 9.59 Å². The van der Waals surface area contributed by atoms with Crippen LogP contribution < -0.4 is 10.2 Å². The molecular weight excluding hydrogens is 371 g/mol. The number of anilines is 2. The van der Waals surface area contributed by atoms with Crippen molar-refractivity contribution in [2.24, 2.45) is 0 Å². The Bertz CT molecular complexity index is 793. The molecule has 0 heterocycles. The van der Waals surface area contributed by atoms with Crippen molar-refractivity contribution in [1.82, 2.24) is 0 Å². The third-order valence-electron chi connectivity index (χ3n) is 3.35. The highest BCUT2D eigenvalue weighted by Gasteiger charge is 2.17. The average Bonchev–Trinajstić information content (AvgIpc) is 2.51. The lowest BCUT2D eigenvalue weighted by Crippen LogP contribution is -2.36. The summed E-state index contributed by atoms with van der Waals surface area (Å²) >= 11 is 17.9. The number of nitrogens with zero attached hydrogens (tertiary/aromatic N) is 1. The number of halogens is 3. The highest BCUT2D eigenvalue weighted by molar-refractivity contribution is 6.42. The SMILES string of the molecule is CC(=O)N(CC(=O)Nc1ccc(C)c(Cl)c1)c1ccc(Cl)c(Cl)c1. The average molecular weight is 386 g/mol. The van der Waals surface area contributed by atoms with Gasteiger partial charge in [-0.15, -0.1) is 0 Å². The van der Waals surface area contributed by atoms with E-state index in [0.29, 0.717) is 26.4 Å². The van der Waals surface area contributed by atoms with Crippen LogP contribution >= 0.6 is 34.8 Å². The lowest BCUT2D eigenvalue weighted by atomic mass is 10.2. The first-order valence-corrected chi connectivity index (χ1v) is 8.20. The van der Waals surface area contributed by atoms with Gasteiger partial charge in [-0.2, -0.15) is 0 Å². The molecule has 0 atom stereocenters. The molecule has 0 fully saturated rings. The van der Waals surface area contributed by atoms with Gasteiger partial charge in [0, 0.05) is 23.3 Å². The van der Waals surface area contributed by atoms with Crippen molar-refractivity contribution in [3.8, 4) is 0 Å². The van der Waals surface area contributed by atoms with Crippen molar-refractivity contribution in [2.75, 3.05) is 16.8 Å². The minimum atomic E-state index is -0.351. The van der Waals surface area contributed by atoms with Gasteiger partial charge in [-0.05, 0) is 42.8 Å². The summed E-state index contributed by atoms with van der Waals surface area (Å²) in [7, 11) is 0. The standard InChI is InChI=1S/C17H15Cl3N2O2/c1-10-3-4-12(7-15(10)19)21-17(24)9-22(11(2)23)13-5-6-14(18)16(20)8-13/h3-8H,9H2,1-2H3,(H,21,24). The molecule has 0 bridgehead atoms. The fourth-order valence-electron chi connectivity index (χ4n) is 2.05. The van der Waals surface area contributed by atoms with Gasteiger partial charge >= 0.3 is 0 Å². The van der Waals surface area contributed by atoms with E-state index < -0.39 is 0 Å². The van der Waals surface area contributed by atoms with Gasteiger partial charge in [0.05, 0.1) is 10.0 Å². The summed E-state index contributed by atoms with van der Waals surface area (Å²) in [6, 6.07) is 9.96. The fourth-order valence-corrected chi connectivity index (χ4v) is 2.52. The van der Waals surface area contributed by atoms with Crippen molar-refractivity contribution < 1.29 is 9.59 Å². The van der Waals surface area contributed by atoms with Crippen molar-refractivity contribution >= 4 is 58.0 Å². The molecule has 0 aliphatic heterocycles. The first-order valence-electron chi connectivity index (χ1n) is 7.07. The van der Waals surface area contributed by atoms with E-state index >= 15 is 0 Å². The molecule has 0 aliphatic carbocycles. The molecule has 126 valence electrons. The van der Waals surface area contributed by atoms with Gasteiger partial charge in [-0.25, -0.2) is 0 Å². The molecule has 0 spiro atoms. The van der Waals surface area contributed by atoms with Gasteiger partial charge in [0.25, 0.3) is 0 Å². The predicted molar refractivity (Wildman–Crippen MR) is 99.3 cm³/mol. The minimum absolute atomic E-state index is 0.154. The summed E-state index contributed by atoms with van der Waals surface area (Å²) in [5.41, 5.74) is 1.97. The summed E-state index contributed by atoms with van der Waals surface area (Å²) in [5.74, 6) is -0.637. The van der Waals surface area contributed by atoms with E-state index in [1.54, 1.807) is 36.4 Å². The number of rotatable bonds is 4. The van der Waals surface area contributed by atoms with Crippen LogP contribution in [0.15, 0.2) is 36.4 Å². The third-order valence-corrected chi connectivity index (χ3v) is 4.50. The van der Waals surface area contributed by atoms with Crippen LogP contribution in [0.4, 0.5) is 11.4 Å². The van der Waals surface area contributed by atoms with Crippen LogP contribution in [0.1, 0.15) is 12.5 Å². The van der Waals surface area contributed by atoms with E-state index in [1.165, 1.54) is 11.8 Å². The smallest absolute Gasteiger partial charge is 0.244 e. The monoisotopic (exact) mass is 384 g/mol. The molecule has 2 amide bonds. The number of carbonyl (C=O) groups excluding carboxylic acids is 2. The molecule has 2 aromatic rings. The van der Waals surface area contributed by atoms with Crippen LogP contribution in [0.25, 0.3) is 0 Å². The normalized spacial score (nSPS) is 10.4. The molecule has 0 unspecified atom stereocenters. The van der Waals surface area contributed by atoms with Crippen LogP contribution in [0.3, 0.4) is 0 Å². The maximum Gasteiger partial charge on any atom is 0.244 e. The molecule has 24 heavy (non-hydrogen) atoms. The molecule has 2 aromatic carbocycles. The number of aryl methyl sites for hydroxylation is 1. The molecule has 0 saturated carbocycles. The number of benzene rings is 2. The Balaban J connectivity index is 2.15. The van der Waals surface area contributed by atoms with Gasteiger partial charge in [0.2, 0.25) is 11.8 Å². The van der Waals surface area contributed by atoms with E-state index in [2.05, 4.69) is 5.32 Å². The van der Waals surface area contributed by atoms with Crippen molar-refractivity contribution in [3.05, 3.63) is 57.0 Å². The summed E-state index contributed by atoms with van der Waals surface area (Å²) in [4.78, 5) is 25.4. The van der Waals surface area contributed by atoms with Crippen LogP contribution in [-0.4, -0.2) is 18.4 Å². The Morgan fingerprint density at radius 1 is 1.00 bits per heavy atom. The molecule has 0 radical (unpaired) electrons. The molecular formula is C17H15Cl3N2O2. The van der Waals surface area contributed by atoms with Crippen LogP contribution in [0, 0.1) is 6.92 Å². The molecule has 4 nitrogen and oxygen atoms in total. The van der Waals surface area contributed by atoms with E-state index in [-0.39, 0.29) is 18.4 Å². The minimum Gasteiger partial charge on any atom is -0.324 e. The zero-order valence-electron chi connectivity index (χ0n) is 13.1. The maximum absolute atomic E-state index is 12.2. The van der Waals surface area contributed by atoms with Crippen LogP contribution in [-0.2, 0) is 9.59 Å². The highest BCUT2D eigenvalue weighted by Crippen LogP contribution is 2.27. The predicted octanol–water partition coefficient (Wildman–Crippen LogP) is 4.95. The Hall–Kier alpha value is -1.75. The maximum atomic E-state index is 12.2. The number of carbonyl (C=O) groups is 2. The Kier molecular flexibility index (Phi) is 6.10. The molecule has 2 rings (SSSR count).